The lowest BCUT2D eigenvalue weighted by Crippen LogP contribution is -2.40. The maximum absolute atomic E-state index is 12.3. The van der Waals surface area contributed by atoms with Crippen molar-refractivity contribution in [1.29, 1.82) is 0 Å². The Morgan fingerprint density at radius 2 is 1.83 bits per heavy atom. The molecule has 2 fully saturated rings. The molecule has 0 spiro atoms. The molecule has 1 aliphatic carbocycles. The summed E-state index contributed by atoms with van der Waals surface area (Å²) in [6.07, 6.45) is 5.65. The van der Waals surface area contributed by atoms with Gasteiger partial charge in [-0.2, -0.15) is 0 Å². The van der Waals surface area contributed by atoms with Crippen LogP contribution < -0.4 is 18.9 Å². The molecule has 2 aromatic carbocycles. The second-order valence-corrected chi connectivity index (χ2v) is 13.6. The van der Waals surface area contributed by atoms with Crippen LogP contribution in [0.4, 0.5) is 0 Å². The van der Waals surface area contributed by atoms with E-state index in [2.05, 4.69) is 9.88 Å². The van der Waals surface area contributed by atoms with Crippen molar-refractivity contribution in [3.05, 3.63) is 47.1 Å². The molecule has 0 bridgehead atoms. The fraction of sp³-hybridized carbons (Fsp3) is 0.467. The zero-order valence-corrected chi connectivity index (χ0v) is 24.3. The third-order valence-corrected chi connectivity index (χ3v) is 9.57. The predicted molar refractivity (Wildman–Crippen MR) is 156 cm³/mol. The maximum atomic E-state index is 12.3. The van der Waals surface area contributed by atoms with E-state index < -0.39 is 9.84 Å². The third kappa shape index (κ3) is 6.88. The van der Waals surface area contributed by atoms with Crippen LogP contribution in [0.3, 0.4) is 0 Å². The van der Waals surface area contributed by atoms with E-state index >= 15 is 0 Å². The van der Waals surface area contributed by atoms with E-state index in [4.69, 9.17) is 30.5 Å². The highest BCUT2D eigenvalue weighted by atomic mass is 35.5. The average molecular weight is 601 g/mol. The normalized spacial score (nSPS) is 18.3. The number of halogens is 1. The largest absolute Gasteiger partial charge is 0.489 e. The number of hydrogen-bond donors (Lipinski definition) is 0. The molecule has 41 heavy (non-hydrogen) atoms. The highest BCUT2D eigenvalue weighted by Gasteiger charge is 2.26. The Bertz CT molecular complexity index is 1540. The van der Waals surface area contributed by atoms with Gasteiger partial charge in [0.05, 0.1) is 29.0 Å². The number of ketones is 1. The van der Waals surface area contributed by atoms with Crippen molar-refractivity contribution in [3.8, 4) is 28.7 Å². The summed E-state index contributed by atoms with van der Waals surface area (Å²) in [5, 5.41) is 1.16. The lowest BCUT2D eigenvalue weighted by atomic mass is 10.0. The van der Waals surface area contributed by atoms with Gasteiger partial charge in [0.1, 0.15) is 30.5 Å². The molecule has 9 nitrogen and oxygen atoms in total. The van der Waals surface area contributed by atoms with Gasteiger partial charge in [-0.05, 0) is 48.9 Å². The number of carbonyl (C=O) groups is 1. The first-order valence-corrected chi connectivity index (χ1v) is 16.3. The van der Waals surface area contributed by atoms with Crippen LogP contribution in [-0.4, -0.2) is 75.0 Å². The van der Waals surface area contributed by atoms with E-state index in [-0.39, 0.29) is 17.3 Å². The molecule has 0 atom stereocenters. The van der Waals surface area contributed by atoms with Crippen LogP contribution in [0, 0.1) is 5.92 Å². The summed E-state index contributed by atoms with van der Waals surface area (Å²) in [6.45, 7) is 3.09. The summed E-state index contributed by atoms with van der Waals surface area (Å²) in [6, 6.07) is 8.98. The minimum Gasteiger partial charge on any atom is -0.489 e. The van der Waals surface area contributed by atoms with Crippen molar-refractivity contribution >= 4 is 38.1 Å². The smallest absolute Gasteiger partial charge is 0.204 e. The van der Waals surface area contributed by atoms with Crippen molar-refractivity contribution in [2.24, 2.45) is 5.92 Å². The molecule has 0 amide bonds. The van der Waals surface area contributed by atoms with E-state index in [1.165, 1.54) is 0 Å². The van der Waals surface area contributed by atoms with Crippen molar-refractivity contribution in [3.63, 3.8) is 0 Å². The summed E-state index contributed by atoms with van der Waals surface area (Å²) in [7, 11) is -2.89. The number of sulfone groups is 1. The SMILES string of the molecule is O=C(Cc1ccc(Oc2ccnc3cc(OCCCN4CCS(=O)(=O)CC4)c4c(c23)OCCO4)cc1Cl)CC1CC1. The summed E-state index contributed by atoms with van der Waals surface area (Å²) >= 11 is 6.53. The van der Waals surface area contributed by atoms with Gasteiger partial charge >= 0.3 is 0 Å². The molecule has 3 heterocycles. The predicted octanol–water partition coefficient (Wildman–Crippen LogP) is 4.86. The van der Waals surface area contributed by atoms with Crippen LogP contribution in [0.5, 0.6) is 28.7 Å². The Morgan fingerprint density at radius 3 is 2.59 bits per heavy atom. The van der Waals surface area contributed by atoms with Gasteiger partial charge in [0.15, 0.2) is 21.3 Å². The molecule has 3 aliphatic rings. The fourth-order valence-corrected chi connectivity index (χ4v) is 6.72. The second kappa shape index (κ2) is 12.0. The lowest BCUT2D eigenvalue weighted by Gasteiger charge is -2.26. The van der Waals surface area contributed by atoms with Crippen LogP contribution in [0.2, 0.25) is 5.02 Å². The monoisotopic (exact) mass is 600 g/mol. The van der Waals surface area contributed by atoms with E-state index in [1.807, 2.05) is 18.2 Å². The summed E-state index contributed by atoms with van der Waals surface area (Å²) in [5.41, 5.74) is 1.43. The standard InChI is InChI=1S/C30H33ClN2O7S/c31-24-18-23(5-4-21(24)17-22(34)16-20-2-3-20)40-26-6-7-32-25-19-27(29-30(28(25)26)39-13-12-38-29)37-11-1-8-33-9-14-41(35,36)15-10-33/h4-7,18-20H,1-3,8-17H2. The third-order valence-electron chi connectivity index (χ3n) is 7.61. The quantitative estimate of drug-likeness (QED) is 0.285. The van der Waals surface area contributed by atoms with Crippen LogP contribution in [0.1, 0.15) is 31.2 Å². The molecule has 0 N–H and O–H groups in total. The highest BCUT2D eigenvalue weighted by molar-refractivity contribution is 7.91. The van der Waals surface area contributed by atoms with Gasteiger partial charge in [0.25, 0.3) is 0 Å². The van der Waals surface area contributed by atoms with Crippen LogP contribution in [-0.2, 0) is 21.1 Å². The van der Waals surface area contributed by atoms with Crippen molar-refractivity contribution in [2.45, 2.75) is 32.1 Å². The Labute approximate surface area is 244 Å². The number of Topliss-reactive ketones (excluding diaryl/α,β-unsaturated/α-hetero) is 1. The molecule has 0 radical (unpaired) electrons. The molecule has 11 heteroatoms. The number of nitrogens with zero attached hydrogens (tertiary/aromatic N) is 2. The molecule has 1 saturated carbocycles. The Kier molecular flexibility index (Phi) is 8.23. The Hall–Kier alpha value is -3.08. The molecular weight excluding hydrogens is 568 g/mol. The Balaban J connectivity index is 1.16. The first-order chi connectivity index (χ1) is 19.8. The molecule has 6 rings (SSSR count). The maximum Gasteiger partial charge on any atom is 0.204 e. The second-order valence-electron chi connectivity index (χ2n) is 10.8. The van der Waals surface area contributed by atoms with Gasteiger partial charge in [-0.1, -0.05) is 17.7 Å². The average Bonchev–Trinajstić information content (AvgIpc) is 3.77. The number of ether oxygens (including phenoxy) is 4. The molecule has 3 aromatic rings. The zero-order valence-electron chi connectivity index (χ0n) is 22.8. The lowest BCUT2D eigenvalue weighted by molar-refractivity contribution is -0.118. The topological polar surface area (TPSA) is 104 Å². The number of benzene rings is 2. The summed E-state index contributed by atoms with van der Waals surface area (Å²) in [4.78, 5) is 19.0. The number of aromatic nitrogens is 1. The molecule has 218 valence electrons. The highest BCUT2D eigenvalue weighted by Crippen LogP contribution is 2.48. The van der Waals surface area contributed by atoms with Gasteiger partial charge in [-0.3, -0.25) is 9.78 Å². The van der Waals surface area contributed by atoms with E-state index in [0.717, 1.165) is 31.4 Å². The van der Waals surface area contributed by atoms with Gasteiger partial charge in [-0.15, -0.1) is 0 Å². The van der Waals surface area contributed by atoms with Gasteiger partial charge in [0.2, 0.25) is 5.75 Å². The minimum absolute atomic E-state index is 0.212. The number of rotatable bonds is 11. The molecule has 1 aromatic heterocycles. The molecule has 2 aliphatic heterocycles. The van der Waals surface area contributed by atoms with Gasteiger partial charge < -0.3 is 23.8 Å². The van der Waals surface area contributed by atoms with E-state index in [1.54, 1.807) is 18.3 Å². The van der Waals surface area contributed by atoms with E-state index in [0.29, 0.717) is 96.3 Å². The number of hydrogen-bond acceptors (Lipinski definition) is 9. The van der Waals surface area contributed by atoms with Crippen LogP contribution in [0.15, 0.2) is 36.5 Å². The van der Waals surface area contributed by atoms with Gasteiger partial charge in [0, 0.05) is 49.8 Å². The van der Waals surface area contributed by atoms with Gasteiger partial charge in [-0.25, -0.2) is 8.42 Å². The number of carbonyl (C=O) groups excluding carboxylic acids is 1. The van der Waals surface area contributed by atoms with Crippen molar-refractivity contribution in [1.82, 2.24) is 9.88 Å². The summed E-state index contributed by atoms with van der Waals surface area (Å²) < 4.78 is 47.7. The minimum atomic E-state index is -2.89. The number of fused-ring (bicyclic) bond motifs is 3. The number of pyridine rings is 1. The van der Waals surface area contributed by atoms with E-state index in [9.17, 15) is 13.2 Å². The molecular formula is C30H33ClN2O7S. The first-order valence-electron chi connectivity index (χ1n) is 14.1. The van der Waals surface area contributed by atoms with Crippen LogP contribution in [0.25, 0.3) is 10.9 Å². The molecule has 0 unspecified atom stereocenters. The Morgan fingerprint density at radius 1 is 1.05 bits per heavy atom. The fourth-order valence-electron chi connectivity index (χ4n) is 5.20. The van der Waals surface area contributed by atoms with Crippen LogP contribution >= 0.6 is 11.6 Å². The van der Waals surface area contributed by atoms with Crippen molar-refractivity contribution < 1.29 is 32.2 Å². The first kappa shape index (κ1) is 28.1. The molecule has 1 saturated heterocycles. The summed E-state index contributed by atoms with van der Waals surface area (Å²) in [5.74, 6) is 3.83. The van der Waals surface area contributed by atoms with Crippen molar-refractivity contribution in [2.75, 3.05) is 51.0 Å². The zero-order chi connectivity index (χ0) is 28.4.